The largest absolute Gasteiger partial charge is 0.372 e. The maximum atomic E-state index is 12.9. The number of hydrogen-bond donors (Lipinski definition) is 0. The van der Waals surface area contributed by atoms with E-state index in [9.17, 15) is 9.59 Å². The molecule has 0 unspecified atom stereocenters. The van der Waals surface area contributed by atoms with Gasteiger partial charge in [-0.15, -0.1) is 5.10 Å². The summed E-state index contributed by atoms with van der Waals surface area (Å²) in [4.78, 5) is 27.4. The van der Waals surface area contributed by atoms with Crippen molar-refractivity contribution in [3.8, 4) is 0 Å². The quantitative estimate of drug-likeness (QED) is 0.701. The highest BCUT2D eigenvalue weighted by Crippen LogP contribution is 2.18. The molecule has 136 valence electrons. The second-order valence-electron chi connectivity index (χ2n) is 7.04. The third-order valence-corrected chi connectivity index (χ3v) is 4.80. The number of carbonyl (C=O) groups excluding carboxylic acids is 1. The Morgan fingerprint density at radius 2 is 1.92 bits per heavy atom. The van der Waals surface area contributed by atoms with Gasteiger partial charge in [-0.05, 0) is 43.9 Å². The number of morpholine rings is 1. The topological polar surface area (TPSA) is 68.8 Å². The fraction of sp³-hybridized carbons (Fsp3) is 0.421. The molecule has 26 heavy (non-hydrogen) atoms. The number of aromatic nitrogens is 3. The molecule has 4 rings (SSSR count). The Kier molecular flexibility index (Phi) is 4.03. The minimum Gasteiger partial charge on any atom is -0.372 e. The Balaban J connectivity index is 1.72. The van der Waals surface area contributed by atoms with Gasteiger partial charge in [-0.3, -0.25) is 4.79 Å². The predicted octanol–water partition coefficient (Wildman–Crippen LogP) is 1.59. The van der Waals surface area contributed by atoms with Crippen LogP contribution in [-0.2, 0) is 16.1 Å². The lowest BCUT2D eigenvalue weighted by Crippen LogP contribution is -2.49. The Labute approximate surface area is 150 Å². The summed E-state index contributed by atoms with van der Waals surface area (Å²) < 4.78 is 8.52. The number of rotatable bonds is 2. The molecule has 3 heterocycles. The number of aryl methyl sites for hydroxylation is 1. The van der Waals surface area contributed by atoms with Crippen molar-refractivity contribution in [1.29, 1.82) is 0 Å². The van der Waals surface area contributed by atoms with E-state index in [2.05, 4.69) is 5.10 Å². The highest BCUT2D eigenvalue weighted by molar-refractivity contribution is 5.83. The first kappa shape index (κ1) is 16.8. The summed E-state index contributed by atoms with van der Waals surface area (Å²) in [5.41, 5.74) is 2.00. The lowest BCUT2D eigenvalue weighted by Gasteiger charge is -2.35. The summed E-state index contributed by atoms with van der Waals surface area (Å²) in [6.45, 7) is 6.82. The number of hydrogen-bond acceptors (Lipinski definition) is 4. The van der Waals surface area contributed by atoms with Crippen molar-refractivity contribution in [2.24, 2.45) is 0 Å². The molecule has 0 N–H and O–H groups in total. The molecular weight excluding hydrogens is 332 g/mol. The van der Waals surface area contributed by atoms with Crippen LogP contribution in [0.25, 0.3) is 16.6 Å². The normalized spacial score (nSPS) is 20.8. The minimum absolute atomic E-state index is 0.00770. The van der Waals surface area contributed by atoms with Gasteiger partial charge in [0, 0.05) is 13.1 Å². The summed E-state index contributed by atoms with van der Waals surface area (Å²) in [5.74, 6) is -0.112. The van der Waals surface area contributed by atoms with Crippen LogP contribution in [-0.4, -0.2) is 50.3 Å². The average molecular weight is 354 g/mol. The number of carbonyl (C=O) groups is 1. The monoisotopic (exact) mass is 354 g/mol. The van der Waals surface area contributed by atoms with Crippen molar-refractivity contribution in [1.82, 2.24) is 19.1 Å². The van der Waals surface area contributed by atoms with E-state index in [1.165, 1.54) is 4.68 Å². The maximum absolute atomic E-state index is 12.9. The van der Waals surface area contributed by atoms with Crippen LogP contribution in [0.4, 0.5) is 0 Å². The molecule has 0 bridgehead atoms. The van der Waals surface area contributed by atoms with E-state index in [0.29, 0.717) is 18.7 Å². The molecule has 1 aromatic carbocycles. The molecule has 1 fully saturated rings. The highest BCUT2D eigenvalue weighted by Gasteiger charge is 2.26. The minimum atomic E-state index is -0.289. The van der Waals surface area contributed by atoms with E-state index in [-0.39, 0.29) is 30.3 Å². The van der Waals surface area contributed by atoms with Crippen LogP contribution < -0.4 is 5.69 Å². The van der Waals surface area contributed by atoms with Gasteiger partial charge in [0.1, 0.15) is 6.54 Å². The lowest BCUT2D eigenvalue weighted by atomic mass is 10.1. The van der Waals surface area contributed by atoms with Crippen LogP contribution in [0.2, 0.25) is 0 Å². The predicted molar refractivity (Wildman–Crippen MR) is 98.3 cm³/mol. The molecule has 0 radical (unpaired) electrons. The van der Waals surface area contributed by atoms with Gasteiger partial charge in [-0.2, -0.15) is 0 Å². The molecule has 0 spiro atoms. The lowest BCUT2D eigenvalue weighted by molar-refractivity contribution is -0.144. The molecule has 1 saturated heterocycles. The van der Waals surface area contributed by atoms with Crippen LogP contribution in [0.5, 0.6) is 0 Å². The Morgan fingerprint density at radius 3 is 2.65 bits per heavy atom. The SMILES string of the molecule is Cc1cc2ccccc2n2c(=O)n(CC(=O)N3C[C@H](C)O[C@@H](C)C3)nc12. The van der Waals surface area contributed by atoms with Gasteiger partial charge in [-0.1, -0.05) is 18.2 Å². The summed E-state index contributed by atoms with van der Waals surface area (Å²) in [6, 6.07) is 9.69. The van der Waals surface area contributed by atoms with Gasteiger partial charge < -0.3 is 9.64 Å². The zero-order chi connectivity index (χ0) is 18.4. The number of fused-ring (bicyclic) bond motifs is 3. The smallest absolute Gasteiger partial charge is 0.351 e. The first-order chi connectivity index (χ1) is 12.4. The summed E-state index contributed by atoms with van der Waals surface area (Å²) in [7, 11) is 0. The molecule has 0 aliphatic carbocycles. The summed E-state index contributed by atoms with van der Waals surface area (Å²) >= 11 is 0. The van der Waals surface area contributed by atoms with Crippen LogP contribution in [0.15, 0.2) is 35.1 Å². The van der Waals surface area contributed by atoms with E-state index in [1.807, 2.05) is 51.1 Å². The van der Waals surface area contributed by atoms with E-state index in [4.69, 9.17) is 4.74 Å². The van der Waals surface area contributed by atoms with Crippen LogP contribution in [0.3, 0.4) is 0 Å². The molecular formula is C19H22N4O3. The first-order valence-corrected chi connectivity index (χ1v) is 8.85. The molecule has 7 nitrogen and oxygen atoms in total. The fourth-order valence-corrected chi connectivity index (χ4v) is 3.70. The number of pyridine rings is 1. The van der Waals surface area contributed by atoms with E-state index < -0.39 is 0 Å². The van der Waals surface area contributed by atoms with Gasteiger partial charge in [-0.25, -0.2) is 13.9 Å². The Hall–Kier alpha value is -2.67. The molecule has 1 aliphatic rings. The van der Waals surface area contributed by atoms with Crippen molar-refractivity contribution in [3.05, 3.63) is 46.4 Å². The van der Waals surface area contributed by atoms with Crippen LogP contribution >= 0.6 is 0 Å². The zero-order valence-corrected chi connectivity index (χ0v) is 15.2. The molecule has 0 saturated carbocycles. The van der Waals surface area contributed by atoms with Gasteiger partial charge in [0.05, 0.1) is 17.7 Å². The van der Waals surface area contributed by atoms with E-state index in [1.54, 1.807) is 9.30 Å². The first-order valence-electron chi connectivity index (χ1n) is 8.85. The second kappa shape index (κ2) is 6.25. The third-order valence-electron chi connectivity index (χ3n) is 4.80. The molecule has 3 aromatic rings. The number of para-hydroxylation sites is 1. The molecule has 1 amide bonds. The van der Waals surface area contributed by atoms with Crippen molar-refractivity contribution in [2.75, 3.05) is 13.1 Å². The van der Waals surface area contributed by atoms with Crippen LogP contribution in [0, 0.1) is 6.92 Å². The van der Waals surface area contributed by atoms with Gasteiger partial charge in [0.25, 0.3) is 0 Å². The zero-order valence-electron chi connectivity index (χ0n) is 15.2. The van der Waals surface area contributed by atoms with Crippen molar-refractivity contribution in [3.63, 3.8) is 0 Å². The van der Waals surface area contributed by atoms with Crippen molar-refractivity contribution >= 4 is 22.5 Å². The summed E-state index contributed by atoms with van der Waals surface area (Å²) in [5, 5.41) is 5.40. The fourth-order valence-electron chi connectivity index (χ4n) is 3.70. The molecule has 7 heteroatoms. The Morgan fingerprint density at radius 1 is 1.23 bits per heavy atom. The van der Waals surface area contributed by atoms with E-state index >= 15 is 0 Å². The van der Waals surface area contributed by atoms with Gasteiger partial charge in [0.15, 0.2) is 5.65 Å². The highest BCUT2D eigenvalue weighted by atomic mass is 16.5. The molecule has 2 aromatic heterocycles. The average Bonchev–Trinajstić information content (AvgIpc) is 2.92. The summed E-state index contributed by atoms with van der Waals surface area (Å²) in [6.07, 6.45) is -0.0154. The second-order valence-corrected chi connectivity index (χ2v) is 7.04. The number of benzene rings is 1. The Bertz CT molecular complexity index is 1040. The number of nitrogens with zero attached hydrogens (tertiary/aromatic N) is 4. The number of amides is 1. The van der Waals surface area contributed by atoms with Crippen molar-refractivity contribution in [2.45, 2.75) is 39.5 Å². The molecule has 2 atom stereocenters. The standard InChI is InChI=1S/C19H22N4O3/c1-12-8-15-6-4-5-7-16(15)23-18(12)20-22(19(23)25)11-17(24)21-9-13(2)26-14(3)10-21/h4-8,13-14H,9-11H2,1-3H3/t13-,14-/m0/s1. The third kappa shape index (κ3) is 2.78. The van der Waals surface area contributed by atoms with Crippen molar-refractivity contribution < 1.29 is 9.53 Å². The maximum Gasteiger partial charge on any atom is 0.351 e. The molecule has 1 aliphatic heterocycles. The van der Waals surface area contributed by atoms with Crippen LogP contribution in [0.1, 0.15) is 19.4 Å². The van der Waals surface area contributed by atoms with Gasteiger partial charge >= 0.3 is 5.69 Å². The number of ether oxygens (including phenoxy) is 1. The van der Waals surface area contributed by atoms with Gasteiger partial charge in [0.2, 0.25) is 5.91 Å². The van der Waals surface area contributed by atoms with E-state index in [0.717, 1.165) is 16.5 Å².